The first kappa shape index (κ1) is 25.3. The highest BCUT2D eigenvalue weighted by Crippen LogP contribution is 2.07. The molecule has 0 aliphatic carbocycles. The number of nitrogens with two attached hydrogens (primary N) is 1. The summed E-state index contributed by atoms with van der Waals surface area (Å²) in [5.41, 5.74) is 5.15. The fourth-order valence-corrected chi connectivity index (χ4v) is 3.02. The topological polar surface area (TPSA) is 200 Å². The van der Waals surface area contributed by atoms with Gasteiger partial charge in [0.15, 0.2) is 0 Å². The molecule has 0 spiro atoms. The molecule has 8 N–H and O–H groups in total. The Labute approximate surface area is 174 Å². The Morgan fingerprint density at radius 2 is 1.63 bits per heavy atom. The monoisotopic (exact) mass is 429 g/mol. The predicted octanol–water partition coefficient (Wildman–Crippen LogP) is -2.81. The van der Waals surface area contributed by atoms with Crippen molar-refractivity contribution in [2.75, 3.05) is 13.2 Å². The zero-order chi connectivity index (χ0) is 22.8. The van der Waals surface area contributed by atoms with Crippen LogP contribution in [0.1, 0.15) is 39.5 Å². The summed E-state index contributed by atoms with van der Waals surface area (Å²) in [6, 6.07) is -4.51. The van der Waals surface area contributed by atoms with Crippen molar-refractivity contribution in [1.82, 2.24) is 21.3 Å². The quantitative estimate of drug-likeness (QED) is 0.172. The van der Waals surface area contributed by atoms with E-state index in [1.807, 2.05) is 0 Å². The van der Waals surface area contributed by atoms with E-state index in [0.717, 1.165) is 6.42 Å². The van der Waals surface area contributed by atoms with Gasteiger partial charge in [-0.3, -0.25) is 19.2 Å². The minimum atomic E-state index is -1.47. The van der Waals surface area contributed by atoms with E-state index in [9.17, 15) is 34.2 Å². The molecule has 4 amide bonds. The lowest BCUT2D eigenvalue weighted by Crippen LogP contribution is -2.58. The van der Waals surface area contributed by atoms with Crippen molar-refractivity contribution >= 4 is 29.6 Å². The Kier molecular flexibility index (Phi) is 10.2. The lowest BCUT2D eigenvalue weighted by molar-refractivity contribution is -0.143. The van der Waals surface area contributed by atoms with Crippen LogP contribution in [0.2, 0.25) is 0 Å². The molecular weight excluding hydrogens is 398 g/mol. The van der Waals surface area contributed by atoms with E-state index in [4.69, 9.17) is 5.73 Å². The molecule has 4 unspecified atom stereocenters. The molecule has 1 aliphatic rings. The minimum Gasteiger partial charge on any atom is -0.480 e. The smallest absolute Gasteiger partial charge is 0.326 e. The Balaban J connectivity index is 2.79. The number of aliphatic hydroxyl groups excluding tert-OH is 1. The molecule has 12 nitrogen and oxygen atoms in total. The molecule has 170 valence electrons. The lowest BCUT2D eigenvalue weighted by atomic mass is 10.0. The van der Waals surface area contributed by atoms with Crippen LogP contribution in [0, 0.1) is 5.92 Å². The third-order valence-corrected chi connectivity index (χ3v) is 4.55. The van der Waals surface area contributed by atoms with Crippen LogP contribution < -0.4 is 27.0 Å². The van der Waals surface area contributed by atoms with Crippen molar-refractivity contribution < 1.29 is 34.2 Å². The Bertz CT molecular complexity index is 649. The summed E-state index contributed by atoms with van der Waals surface area (Å²) in [6.07, 6.45) is 1.01. The maximum Gasteiger partial charge on any atom is 0.326 e. The zero-order valence-electron chi connectivity index (χ0n) is 17.1. The highest BCUT2D eigenvalue weighted by Gasteiger charge is 2.32. The van der Waals surface area contributed by atoms with E-state index >= 15 is 0 Å². The van der Waals surface area contributed by atoms with Crippen LogP contribution in [0.4, 0.5) is 0 Å². The van der Waals surface area contributed by atoms with Crippen LogP contribution in [0.25, 0.3) is 0 Å². The van der Waals surface area contributed by atoms with E-state index in [1.54, 1.807) is 13.8 Å². The Morgan fingerprint density at radius 3 is 2.10 bits per heavy atom. The number of hydrogen-bond acceptors (Lipinski definition) is 7. The summed E-state index contributed by atoms with van der Waals surface area (Å²) in [5.74, 6) is -4.40. The number of carboxylic acids is 1. The minimum absolute atomic E-state index is 0.0204. The van der Waals surface area contributed by atoms with Gasteiger partial charge >= 0.3 is 5.97 Å². The molecular formula is C18H31N5O7. The van der Waals surface area contributed by atoms with E-state index < -0.39 is 66.8 Å². The molecule has 1 fully saturated rings. The molecule has 4 atom stereocenters. The molecule has 1 rings (SSSR count). The van der Waals surface area contributed by atoms with Crippen LogP contribution in [0.3, 0.4) is 0 Å². The number of nitrogens with one attached hydrogen (secondary N) is 4. The third kappa shape index (κ3) is 8.33. The van der Waals surface area contributed by atoms with Crippen LogP contribution in [0.15, 0.2) is 0 Å². The highest BCUT2D eigenvalue weighted by molar-refractivity contribution is 5.96. The second kappa shape index (κ2) is 12.1. The number of amides is 4. The van der Waals surface area contributed by atoms with Gasteiger partial charge in [-0.15, -0.1) is 0 Å². The first-order chi connectivity index (χ1) is 14.0. The number of aliphatic hydroxyl groups is 1. The van der Waals surface area contributed by atoms with Gasteiger partial charge in [-0.1, -0.05) is 13.8 Å². The largest absolute Gasteiger partial charge is 0.480 e. The number of primary amides is 1. The molecule has 12 heteroatoms. The summed E-state index contributed by atoms with van der Waals surface area (Å²) in [4.78, 5) is 59.8. The number of aliphatic carboxylic acids is 1. The van der Waals surface area contributed by atoms with Gasteiger partial charge in [0.2, 0.25) is 23.6 Å². The average Bonchev–Trinajstić information content (AvgIpc) is 3.18. The third-order valence-electron chi connectivity index (χ3n) is 4.55. The van der Waals surface area contributed by atoms with Crippen LogP contribution in [-0.4, -0.2) is 77.1 Å². The molecule has 30 heavy (non-hydrogen) atoms. The van der Waals surface area contributed by atoms with E-state index in [0.29, 0.717) is 13.0 Å². The van der Waals surface area contributed by atoms with Gasteiger partial charge in [0.05, 0.1) is 19.1 Å². The number of carbonyl (C=O) groups is 5. The van der Waals surface area contributed by atoms with Gasteiger partial charge in [0.1, 0.15) is 18.1 Å². The number of carboxylic acid groups (broad SMARTS) is 1. The van der Waals surface area contributed by atoms with Crippen molar-refractivity contribution in [2.24, 2.45) is 11.7 Å². The number of carbonyl (C=O) groups excluding carboxylic acids is 4. The maximum atomic E-state index is 12.5. The average molecular weight is 429 g/mol. The second-order valence-electron chi connectivity index (χ2n) is 7.65. The first-order valence-electron chi connectivity index (χ1n) is 9.81. The molecule has 1 heterocycles. The predicted molar refractivity (Wildman–Crippen MR) is 105 cm³/mol. The van der Waals surface area contributed by atoms with E-state index in [-0.39, 0.29) is 12.3 Å². The van der Waals surface area contributed by atoms with Gasteiger partial charge in [0.25, 0.3) is 0 Å². The molecule has 0 aromatic rings. The first-order valence-corrected chi connectivity index (χ1v) is 9.81. The Hall–Kier alpha value is -2.73. The molecule has 1 aliphatic heterocycles. The molecule has 0 radical (unpaired) electrons. The maximum absolute atomic E-state index is 12.5. The van der Waals surface area contributed by atoms with Crippen molar-refractivity contribution in [3.63, 3.8) is 0 Å². The van der Waals surface area contributed by atoms with Gasteiger partial charge in [-0.25, -0.2) is 4.79 Å². The van der Waals surface area contributed by atoms with Gasteiger partial charge in [-0.2, -0.15) is 0 Å². The Morgan fingerprint density at radius 1 is 1.03 bits per heavy atom. The van der Waals surface area contributed by atoms with Gasteiger partial charge in [0, 0.05) is 0 Å². The molecule has 0 aromatic carbocycles. The molecule has 1 saturated heterocycles. The summed E-state index contributed by atoms with van der Waals surface area (Å²) in [6.45, 7) is 3.40. The van der Waals surface area contributed by atoms with E-state index in [1.165, 1.54) is 0 Å². The molecule has 0 aromatic heterocycles. The van der Waals surface area contributed by atoms with Crippen molar-refractivity contribution in [1.29, 1.82) is 0 Å². The lowest BCUT2D eigenvalue weighted by Gasteiger charge is -2.24. The van der Waals surface area contributed by atoms with Crippen LogP contribution in [-0.2, 0) is 24.0 Å². The molecule has 0 bridgehead atoms. The fraction of sp³-hybridized carbons (Fsp3) is 0.722. The summed E-state index contributed by atoms with van der Waals surface area (Å²) in [7, 11) is 0. The molecule has 0 saturated carbocycles. The van der Waals surface area contributed by atoms with Gasteiger partial charge in [-0.05, 0) is 31.7 Å². The van der Waals surface area contributed by atoms with Crippen molar-refractivity contribution in [3.05, 3.63) is 0 Å². The normalized spacial score (nSPS) is 18.9. The zero-order valence-corrected chi connectivity index (χ0v) is 17.1. The number of rotatable bonds is 12. The van der Waals surface area contributed by atoms with Crippen molar-refractivity contribution in [2.45, 2.75) is 63.7 Å². The summed E-state index contributed by atoms with van der Waals surface area (Å²) < 4.78 is 0. The van der Waals surface area contributed by atoms with Crippen LogP contribution >= 0.6 is 0 Å². The van der Waals surface area contributed by atoms with Crippen LogP contribution in [0.5, 0.6) is 0 Å². The van der Waals surface area contributed by atoms with Crippen molar-refractivity contribution in [3.8, 4) is 0 Å². The summed E-state index contributed by atoms with van der Waals surface area (Å²) >= 11 is 0. The second-order valence-corrected chi connectivity index (χ2v) is 7.65. The SMILES string of the molecule is CC(C)CC(NC(=O)C(CO)NC(=O)C(CC(N)=O)NC(=O)C1CCCN1)C(=O)O. The van der Waals surface area contributed by atoms with Gasteiger partial charge < -0.3 is 37.2 Å². The summed E-state index contributed by atoms with van der Waals surface area (Å²) in [5, 5.41) is 28.6. The highest BCUT2D eigenvalue weighted by atomic mass is 16.4. The number of hydrogen-bond donors (Lipinski definition) is 7. The van der Waals surface area contributed by atoms with E-state index in [2.05, 4.69) is 21.3 Å². The standard InChI is InChI=1S/C18H31N5O7/c1-9(2)6-12(18(29)30)22-17(28)13(8-24)23-16(27)11(7-14(19)25)21-15(26)10-4-3-5-20-10/h9-13,20,24H,3-8H2,1-2H3,(H2,19,25)(H,21,26)(H,22,28)(H,23,27)(H,29,30). The fourth-order valence-electron chi connectivity index (χ4n) is 3.02.